The second kappa shape index (κ2) is 5.55. The van der Waals surface area contributed by atoms with E-state index in [1.807, 2.05) is 35.0 Å². The van der Waals surface area contributed by atoms with Crippen molar-refractivity contribution in [2.45, 2.75) is 6.04 Å². The topological polar surface area (TPSA) is 68.8 Å². The van der Waals surface area contributed by atoms with E-state index >= 15 is 0 Å². The van der Waals surface area contributed by atoms with Gasteiger partial charge in [-0.1, -0.05) is 58.4 Å². The Hall–Kier alpha value is -2.60. The van der Waals surface area contributed by atoms with Crippen LogP contribution in [0.15, 0.2) is 65.1 Å². The molecule has 0 saturated heterocycles. The molecule has 4 rings (SSSR count). The average Bonchev–Trinajstić information content (AvgIpc) is 2.95. The lowest BCUT2D eigenvalue weighted by Crippen LogP contribution is -2.20. The number of benzene rings is 2. The first-order valence-electron chi connectivity index (χ1n) is 7.22. The second-order valence-corrected chi connectivity index (χ2v) is 6.22. The number of nitrogen functional groups attached to an aromatic ring is 1. The van der Waals surface area contributed by atoms with Crippen LogP contribution in [-0.4, -0.2) is 14.8 Å². The summed E-state index contributed by atoms with van der Waals surface area (Å²) in [4.78, 5) is 4.29. The number of nitrogens with one attached hydrogen (secondary N) is 1. The van der Waals surface area contributed by atoms with Crippen LogP contribution in [0.2, 0.25) is 0 Å². The van der Waals surface area contributed by atoms with E-state index < -0.39 is 0 Å². The number of allylic oxidation sites excluding steroid dienone is 1. The highest BCUT2D eigenvalue weighted by Gasteiger charge is 2.24. The lowest BCUT2D eigenvalue weighted by Gasteiger charge is -2.24. The molecule has 3 N–H and O–H groups in total. The number of fused-ring (bicyclic) bond motifs is 1. The van der Waals surface area contributed by atoms with Crippen molar-refractivity contribution in [3.8, 4) is 0 Å². The van der Waals surface area contributed by atoms with Crippen molar-refractivity contribution in [1.82, 2.24) is 14.8 Å². The fraction of sp³-hybridized carbons (Fsp3) is 0.0588. The van der Waals surface area contributed by atoms with Crippen LogP contribution in [-0.2, 0) is 0 Å². The maximum atomic E-state index is 5.79. The third-order valence-electron chi connectivity index (χ3n) is 3.78. The Labute approximate surface area is 142 Å². The van der Waals surface area contributed by atoms with Crippen LogP contribution in [0.5, 0.6) is 0 Å². The van der Waals surface area contributed by atoms with Crippen molar-refractivity contribution in [2.24, 2.45) is 0 Å². The summed E-state index contributed by atoms with van der Waals surface area (Å²) in [7, 11) is 0. The highest BCUT2D eigenvalue weighted by Crippen LogP contribution is 2.32. The van der Waals surface area contributed by atoms with Gasteiger partial charge in [-0.2, -0.15) is 4.98 Å². The molecule has 2 aromatic carbocycles. The van der Waals surface area contributed by atoms with E-state index in [1.165, 1.54) is 0 Å². The number of nitrogens with two attached hydrogens (primary N) is 1. The van der Waals surface area contributed by atoms with Gasteiger partial charge in [-0.05, 0) is 29.3 Å². The molecule has 1 unspecified atom stereocenters. The van der Waals surface area contributed by atoms with Crippen molar-refractivity contribution in [1.29, 1.82) is 0 Å². The normalized spacial score (nSPS) is 16.4. The van der Waals surface area contributed by atoms with Crippen LogP contribution in [0.1, 0.15) is 17.2 Å². The summed E-state index contributed by atoms with van der Waals surface area (Å²) in [6.07, 6.45) is 2.14. The van der Waals surface area contributed by atoms with Crippen molar-refractivity contribution >= 4 is 33.5 Å². The van der Waals surface area contributed by atoms with Crippen LogP contribution in [0.4, 0.5) is 11.9 Å². The molecule has 1 atom stereocenters. The van der Waals surface area contributed by atoms with E-state index in [1.54, 1.807) is 0 Å². The van der Waals surface area contributed by atoms with Gasteiger partial charge in [0.1, 0.15) is 6.04 Å². The van der Waals surface area contributed by atoms with E-state index in [0.717, 1.165) is 21.3 Å². The van der Waals surface area contributed by atoms with Gasteiger partial charge >= 0.3 is 0 Å². The highest BCUT2D eigenvalue weighted by molar-refractivity contribution is 9.10. The van der Waals surface area contributed by atoms with Gasteiger partial charge in [-0.25, -0.2) is 4.68 Å². The fourth-order valence-electron chi connectivity index (χ4n) is 2.70. The lowest BCUT2D eigenvalue weighted by atomic mass is 10.0. The number of nitrogens with zero attached hydrogens (tertiary/aromatic N) is 3. The van der Waals surface area contributed by atoms with Crippen LogP contribution >= 0.6 is 15.9 Å². The minimum Gasteiger partial charge on any atom is -0.366 e. The van der Waals surface area contributed by atoms with E-state index in [-0.39, 0.29) is 12.0 Å². The summed E-state index contributed by atoms with van der Waals surface area (Å²) in [6, 6.07) is 18.3. The molecule has 114 valence electrons. The van der Waals surface area contributed by atoms with Crippen LogP contribution < -0.4 is 11.1 Å². The van der Waals surface area contributed by atoms with Crippen LogP contribution in [0, 0.1) is 0 Å². The maximum absolute atomic E-state index is 5.79. The molecule has 0 amide bonds. The molecule has 2 heterocycles. The second-order valence-electron chi connectivity index (χ2n) is 5.31. The summed E-state index contributed by atoms with van der Waals surface area (Å²) in [5.41, 5.74) is 9.00. The van der Waals surface area contributed by atoms with E-state index in [4.69, 9.17) is 5.73 Å². The van der Waals surface area contributed by atoms with Gasteiger partial charge in [0.05, 0.1) is 0 Å². The smallest absolute Gasteiger partial charge is 0.241 e. The SMILES string of the molecule is Nc1nc2n(n1)C(c1ccccc1)C=C(c1ccc(Br)cc1)N2. The Kier molecular flexibility index (Phi) is 3.38. The van der Waals surface area contributed by atoms with Gasteiger partial charge in [0, 0.05) is 10.2 Å². The van der Waals surface area contributed by atoms with Gasteiger partial charge in [0.25, 0.3) is 0 Å². The molecule has 0 fully saturated rings. The minimum atomic E-state index is -0.0455. The first kappa shape index (κ1) is 14.0. The summed E-state index contributed by atoms with van der Waals surface area (Å²) < 4.78 is 2.86. The molecule has 23 heavy (non-hydrogen) atoms. The van der Waals surface area contributed by atoms with E-state index in [9.17, 15) is 0 Å². The zero-order chi connectivity index (χ0) is 15.8. The molecular weight excluding hydrogens is 354 g/mol. The first-order valence-corrected chi connectivity index (χ1v) is 8.02. The molecule has 5 nitrogen and oxygen atoms in total. The van der Waals surface area contributed by atoms with E-state index in [2.05, 4.69) is 61.7 Å². The summed E-state index contributed by atoms with van der Waals surface area (Å²) in [5.74, 6) is 0.913. The zero-order valence-corrected chi connectivity index (χ0v) is 13.7. The molecule has 1 aliphatic heterocycles. The van der Waals surface area contributed by atoms with Gasteiger partial charge in [0.2, 0.25) is 11.9 Å². The average molecular weight is 368 g/mol. The van der Waals surface area contributed by atoms with Gasteiger partial charge in [-0.3, -0.25) is 0 Å². The van der Waals surface area contributed by atoms with Gasteiger partial charge in [0.15, 0.2) is 0 Å². The number of anilines is 2. The third kappa shape index (κ3) is 2.61. The van der Waals surface area contributed by atoms with Crippen molar-refractivity contribution in [3.05, 3.63) is 76.3 Å². The van der Waals surface area contributed by atoms with Crippen molar-refractivity contribution < 1.29 is 0 Å². The Bertz CT molecular complexity index is 868. The molecule has 0 saturated carbocycles. The molecule has 1 aromatic heterocycles. The highest BCUT2D eigenvalue weighted by atomic mass is 79.9. The summed E-state index contributed by atoms with van der Waals surface area (Å²) in [5, 5.41) is 7.63. The predicted molar refractivity (Wildman–Crippen MR) is 94.8 cm³/mol. The maximum Gasteiger partial charge on any atom is 0.241 e. The van der Waals surface area contributed by atoms with Crippen LogP contribution in [0.25, 0.3) is 5.70 Å². The Morgan fingerprint density at radius 3 is 2.52 bits per heavy atom. The molecule has 0 spiro atoms. The molecule has 1 aliphatic rings. The van der Waals surface area contributed by atoms with Crippen molar-refractivity contribution in [3.63, 3.8) is 0 Å². The Balaban J connectivity index is 1.82. The monoisotopic (exact) mass is 367 g/mol. The molecule has 6 heteroatoms. The Morgan fingerprint density at radius 1 is 1.04 bits per heavy atom. The number of halogens is 1. The van der Waals surface area contributed by atoms with Gasteiger partial charge in [-0.15, -0.1) is 5.10 Å². The largest absolute Gasteiger partial charge is 0.366 e. The number of hydrogen-bond donors (Lipinski definition) is 2. The van der Waals surface area contributed by atoms with E-state index in [0.29, 0.717) is 5.95 Å². The summed E-state index contributed by atoms with van der Waals surface area (Å²) >= 11 is 3.46. The number of hydrogen-bond acceptors (Lipinski definition) is 4. The van der Waals surface area contributed by atoms with Gasteiger partial charge < -0.3 is 11.1 Å². The molecule has 0 radical (unpaired) electrons. The zero-order valence-electron chi connectivity index (χ0n) is 12.1. The fourth-order valence-corrected chi connectivity index (χ4v) is 2.96. The van der Waals surface area contributed by atoms with Crippen LogP contribution in [0.3, 0.4) is 0 Å². The summed E-state index contributed by atoms with van der Waals surface area (Å²) in [6.45, 7) is 0. The molecule has 0 aliphatic carbocycles. The standard InChI is InChI=1S/C17H14BrN5/c18-13-8-6-11(7-9-13)14-10-15(12-4-2-1-3-5-12)23-17(20-14)21-16(19)22-23/h1-10,15H,(H3,19,20,21,22). The molecule has 0 bridgehead atoms. The number of aromatic nitrogens is 3. The quantitative estimate of drug-likeness (QED) is 0.724. The van der Waals surface area contributed by atoms with Crippen molar-refractivity contribution in [2.75, 3.05) is 11.1 Å². The molecule has 3 aromatic rings. The minimum absolute atomic E-state index is 0.0455. The molecular formula is C17H14BrN5. The number of rotatable bonds is 2. The third-order valence-corrected chi connectivity index (χ3v) is 4.31. The first-order chi connectivity index (χ1) is 11.2. The predicted octanol–water partition coefficient (Wildman–Crippen LogP) is 3.68. The lowest BCUT2D eigenvalue weighted by molar-refractivity contribution is 0.614. The Morgan fingerprint density at radius 2 is 1.78 bits per heavy atom.